The number of benzene rings is 8. The zero-order chi connectivity index (χ0) is 57.1. The Hall–Kier alpha value is -6.07. The Balaban J connectivity index is 1.04. The molecule has 10 rings (SSSR count). The van der Waals surface area contributed by atoms with E-state index in [1.54, 1.807) is 18.9 Å². The molecule has 0 radical (unpaired) electrons. The maximum absolute atomic E-state index is 7.81. The number of thioether (sulfide) groups is 1. The summed E-state index contributed by atoms with van der Waals surface area (Å²) >= 11 is 1.61. The summed E-state index contributed by atoms with van der Waals surface area (Å²) in [4.78, 5) is 0. The maximum atomic E-state index is 7.81. The standard InChI is InChI=1S/C71H78O10SSi/c1-71(2,3)83(59-41-25-11-26-42-59,60-43-27-12-28-44-60)79-51-61-63(73-45-53-29-13-5-14-30-53)66(76-48-56-35-19-8-20-36-56)68(78-50-58-39-23-10-24-40-58)70(81-61)82-52-62-64(74-46-54-31-15-6-16-32-54)65(75-47-55-33-17-7-18-34-55)67(69(72-4)80-62)77-49-57-37-21-9-22-38-57/h5-44,61-70H,45-52H2,1-4H3/t61-,62-,63-,64-,65+,66+,67-,68-,69+,70+/m1/s1. The van der Waals surface area contributed by atoms with Gasteiger partial charge in [-0.3, -0.25) is 0 Å². The van der Waals surface area contributed by atoms with Crippen LogP contribution in [-0.4, -0.2) is 88.3 Å². The Kier molecular flexibility index (Phi) is 21.8. The van der Waals surface area contributed by atoms with E-state index in [-0.39, 0.29) is 11.6 Å². The minimum absolute atomic E-state index is 0.199. The predicted molar refractivity (Wildman–Crippen MR) is 330 cm³/mol. The van der Waals surface area contributed by atoms with Crippen molar-refractivity contribution in [2.75, 3.05) is 19.5 Å². The van der Waals surface area contributed by atoms with Gasteiger partial charge in [-0.25, -0.2) is 0 Å². The first-order chi connectivity index (χ1) is 40.8. The van der Waals surface area contributed by atoms with E-state index < -0.39 is 68.9 Å². The monoisotopic (exact) mass is 1150 g/mol. The minimum atomic E-state index is -3.11. The summed E-state index contributed by atoms with van der Waals surface area (Å²) in [6.07, 6.45) is -5.94. The van der Waals surface area contributed by atoms with Crippen LogP contribution in [0.15, 0.2) is 243 Å². The average molecular weight is 1150 g/mol. The van der Waals surface area contributed by atoms with Crippen molar-refractivity contribution in [1.29, 1.82) is 0 Å². The number of rotatable bonds is 27. The van der Waals surface area contributed by atoms with Gasteiger partial charge in [0.05, 0.1) is 52.4 Å². The third-order valence-electron chi connectivity index (χ3n) is 15.4. The van der Waals surface area contributed by atoms with Crippen LogP contribution in [-0.2, 0) is 86.7 Å². The lowest BCUT2D eigenvalue weighted by Crippen LogP contribution is -2.68. The molecule has 12 heteroatoms. The molecule has 0 spiro atoms. The highest BCUT2D eigenvalue weighted by Crippen LogP contribution is 2.41. The second kappa shape index (κ2) is 30.1. The van der Waals surface area contributed by atoms with Gasteiger partial charge < -0.3 is 47.1 Å². The highest BCUT2D eigenvalue weighted by molar-refractivity contribution is 7.99. The lowest BCUT2D eigenvalue weighted by molar-refractivity contribution is -0.313. The molecule has 0 aromatic heterocycles. The van der Waals surface area contributed by atoms with Gasteiger partial charge in [0.15, 0.2) is 6.29 Å². The van der Waals surface area contributed by atoms with Gasteiger partial charge in [-0.15, -0.1) is 11.8 Å². The first-order valence-corrected chi connectivity index (χ1v) is 31.8. The molecule has 83 heavy (non-hydrogen) atoms. The summed E-state index contributed by atoms with van der Waals surface area (Å²) in [6, 6.07) is 82.7. The topological polar surface area (TPSA) is 92.3 Å². The zero-order valence-corrected chi connectivity index (χ0v) is 49.8. The number of methoxy groups -OCH3 is 1. The summed E-state index contributed by atoms with van der Waals surface area (Å²) in [5.74, 6) is 0.384. The second-order valence-electron chi connectivity index (χ2n) is 22.2. The molecule has 432 valence electrons. The van der Waals surface area contributed by atoms with Gasteiger partial charge in [0.1, 0.15) is 48.2 Å². The SMILES string of the molecule is CO[C@H]1O[C@H](CS[C@@H]2O[C@H](CO[Si](c3ccccc3)(c3ccccc3)C(C)(C)C)[C@@H](OCc3ccccc3)[C@H](OCc3ccccc3)[C@H]2OCc2ccccc2)[C@@H](OCc2ccccc2)[C@H](OCc2ccccc2)[C@H]1OCc1ccccc1. The Morgan fingerprint density at radius 1 is 0.361 bits per heavy atom. The number of hydrogen-bond donors (Lipinski definition) is 0. The highest BCUT2D eigenvalue weighted by atomic mass is 32.2. The van der Waals surface area contributed by atoms with Crippen LogP contribution < -0.4 is 10.4 Å². The van der Waals surface area contributed by atoms with Crippen LogP contribution in [0.25, 0.3) is 0 Å². The van der Waals surface area contributed by atoms with Gasteiger partial charge in [-0.2, -0.15) is 0 Å². The molecule has 2 fully saturated rings. The van der Waals surface area contributed by atoms with Crippen molar-refractivity contribution < 1.29 is 47.1 Å². The van der Waals surface area contributed by atoms with E-state index in [9.17, 15) is 0 Å². The van der Waals surface area contributed by atoms with E-state index in [2.05, 4.69) is 154 Å². The number of ether oxygens (including phenoxy) is 9. The fraction of sp³-hybridized carbons (Fsp3) is 0.324. The third-order valence-corrected chi connectivity index (χ3v) is 21.7. The van der Waals surface area contributed by atoms with Gasteiger partial charge in [0.25, 0.3) is 8.32 Å². The highest BCUT2D eigenvalue weighted by Gasteiger charge is 2.55. The zero-order valence-electron chi connectivity index (χ0n) is 48.0. The number of hydrogen-bond acceptors (Lipinski definition) is 11. The molecule has 2 heterocycles. The van der Waals surface area contributed by atoms with E-state index in [4.69, 9.17) is 47.1 Å². The third kappa shape index (κ3) is 15.8. The molecule has 2 aliphatic heterocycles. The first kappa shape index (κ1) is 60.1. The van der Waals surface area contributed by atoms with Crippen LogP contribution in [0.2, 0.25) is 5.04 Å². The lowest BCUT2D eigenvalue weighted by atomic mass is 9.98. The molecule has 0 amide bonds. The van der Waals surface area contributed by atoms with Gasteiger partial charge in [-0.1, -0.05) is 263 Å². The molecule has 8 aromatic carbocycles. The van der Waals surface area contributed by atoms with Crippen molar-refractivity contribution in [3.05, 3.63) is 276 Å². The minimum Gasteiger partial charge on any atom is -0.405 e. The molecule has 0 unspecified atom stereocenters. The molecular formula is C71H78O10SSi. The molecular weight excluding hydrogens is 1070 g/mol. The molecule has 10 nitrogen and oxygen atoms in total. The van der Waals surface area contributed by atoms with Crippen molar-refractivity contribution in [3.8, 4) is 0 Å². The predicted octanol–water partition coefficient (Wildman–Crippen LogP) is 12.9. The fourth-order valence-corrected chi connectivity index (χ4v) is 17.1. The molecule has 2 aliphatic rings. The quantitative estimate of drug-likeness (QED) is 0.0461. The van der Waals surface area contributed by atoms with Crippen molar-refractivity contribution in [2.24, 2.45) is 0 Å². The normalized spacial score (nSPS) is 22.9. The van der Waals surface area contributed by atoms with Crippen LogP contribution >= 0.6 is 11.8 Å². The Morgan fingerprint density at radius 3 is 1.01 bits per heavy atom. The van der Waals surface area contributed by atoms with Crippen molar-refractivity contribution in [1.82, 2.24) is 0 Å². The molecule has 10 atom stereocenters. The largest absolute Gasteiger partial charge is 0.405 e. The van der Waals surface area contributed by atoms with E-state index in [0.29, 0.717) is 45.4 Å². The molecule has 0 saturated carbocycles. The Bertz CT molecular complexity index is 3040. The fourth-order valence-electron chi connectivity index (χ4n) is 11.2. The van der Waals surface area contributed by atoms with Crippen LogP contribution in [0.1, 0.15) is 54.2 Å². The summed E-state index contributed by atoms with van der Waals surface area (Å²) in [7, 11) is -1.45. The summed E-state index contributed by atoms with van der Waals surface area (Å²) in [5, 5.41) is 2.03. The summed E-state index contributed by atoms with van der Waals surface area (Å²) in [6.45, 7) is 8.95. The van der Waals surface area contributed by atoms with Gasteiger partial charge >= 0.3 is 0 Å². The van der Waals surface area contributed by atoms with E-state index in [1.165, 1.54) is 10.4 Å². The second-order valence-corrected chi connectivity index (χ2v) is 27.6. The van der Waals surface area contributed by atoms with Crippen LogP contribution in [0.4, 0.5) is 0 Å². The van der Waals surface area contributed by atoms with Crippen LogP contribution in [0.5, 0.6) is 0 Å². The van der Waals surface area contributed by atoms with E-state index in [0.717, 1.165) is 33.4 Å². The van der Waals surface area contributed by atoms with Crippen LogP contribution in [0.3, 0.4) is 0 Å². The van der Waals surface area contributed by atoms with Gasteiger partial charge in [0.2, 0.25) is 0 Å². The Morgan fingerprint density at radius 2 is 0.663 bits per heavy atom. The molecule has 0 aliphatic carbocycles. The van der Waals surface area contributed by atoms with Gasteiger partial charge in [0, 0.05) is 12.9 Å². The molecule has 2 saturated heterocycles. The van der Waals surface area contributed by atoms with Gasteiger partial charge in [-0.05, 0) is 48.8 Å². The van der Waals surface area contributed by atoms with Crippen molar-refractivity contribution in [2.45, 2.75) is 126 Å². The Labute approximate surface area is 496 Å². The van der Waals surface area contributed by atoms with E-state index >= 15 is 0 Å². The van der Waals surface area contributed by atoms with Crippen molar-refractivity contribution >= 4 is 30.5 Å². The molecule has 0 bridgehead atoms. The van der Waals surface area contributed by atoms with Crippen LogP contribution in [0, 0.1) is 0 Å². The summed E-state index contributed by atoms with van der Waals surface area (Å²) < 4.78 is 71.6. The first-order valence-electron chi connectivity index (χ1n) is 28.9. The average Bonchev–Trinajstić information content (AvgIpc) is 3.72. The van der Waals surface area contributed by atoms with Crippen molar-refractivity contribution in [3.63, 3.8) is 0 Å². The smallest absolute Gasteiger partial charge is 0.261 e. The molecule has 8 aromatic rings. The summed E-state index contributed by atoms with van der Waals surface area (Å²) in [5.41, 5.74) is 5.49. The maximum Gasteiger partial charge on any atom is 0.261 e. The molecule has 0 N–H and O–H groups in total. The lowest BCUT2D eigenvalue weighted by Gasteiger charge is -2.49. The van der Waals surface area contributed by atoms with E-state index in [1.807, 2.05) is 109 Å².